The molecular weight excluding hydrogens is 546 g/mol. The molecule has 0 spiro atoms. The van der Waals surface area contributed by atoms with Crippen LogP contribution in [0.2, 0.25) is 0 Å². The Morgan fingerprint density at radius 2 is 1.11 bits per heavy atom. The maximum absolute atomic E-state index is 6.03. The van der Waals surface area contributed by atoms with Gasteiger partial charge < -0.3 is 16.0 Å². The Balaban J connectivity index is 0.000000173. The van der Waals surface area contributed by atoms with Crippen molar-refractivity contribution in [3.05, 3.63) is 181 Å². The van der Waals surface area contributed by atoms with Crippen LogP contribution < -0.4 is 11.5 Å². The van der Waals surface area contributed by atoms with E-state index in [9.17, 15) is 0 Å². The fraction of sp³-hybridized carbons (Fsp3) is 0.0476. The standard InChI is InChI=1S/C28H21N.C14H14N2/c1-2-8-20(9-3-1)21-14-17-23(18-15-21)29-26-13-7-6-12-25(26)28-24-11-5-4-10-22(24)16-19-27(28)29;15-13(11-7-3-1-4-8-11)14(16)12-9-5-2-6-10-12/h2,4-19H,1,3H2;1-10H,15-16H2/b;14-13-. The molecule has 0 saturated carbocycles. The molecule has 0 aliphatic heterocycles. The van der Waals surface area contributed by atoms with E-state index in [2.05, 4.69) is 108 Å². The predicted molar refractivity (Wildman–Crippen MR) is 193 cm³/mol. The summed E-state index contributed by atoms with van der Waals surface area (Å²) in [5.41, 5.74) is 21.5. The summed E-state index contributed by atoms with van der Waals surface area (Å²) in [4.78, 5) is 0. The molecule has 0 fully saturated rings. The number of hydrogen-bond acceptors (Lipinski definition) is 2. The van der Waals surface area contributed by atoms with Crippen LogP contribution >= 0.6 is 0 Å². The molecule has 1 aliphatic rings. The maximum Gasteiger partial charge on any atom is 0.0627 e. The molecular formula is C42H35N3. The molecule has 0 atom stereocenters. The summed E-state index contributed by atoms with van der Waals surface area (Å²) in [7, 11) is 0. The van der Waals surface area contributed by atoms with E-state index in [-0.39, 0.29) is 0 Å². The van der Waals surface area contributed by atoms with Crippen LogP contribution in [0.4, 0.5) is 0 Å². The van der Waals surface area contributed by atoms with E-state index in [0.717, 1.165) is 24.0 Å². The Hall–Kier alpha value is -5.80. The molecule has 0 bridgehead atoms. The van der Waals surface area contributed by atoms with Gasteiger partial charge in [-0.3, -0.25) is 0 Å². The molecule has 1 heterocycles. The van der Waals surface area contributed by atoms with E-state index in [1.54, 1.807) is 0 Å². The van der Waals surface area contributed by atoms with E-state index in [0.29, 0.717) is 11.4 Å². The van der Waals surface area contributed by atoms with Gasteiger partial charge in [0.2, 0.25) is 0 Å². The average molecular weight is 582 g/mol. The maximum atomic E-state index is 6.03. The number of fused-ring (bicyclic) bond motifs is 5. The first-order chi connectivity index (χ1) is 22.2. The van der Waals surface area contributed by atoms with E-state index >= 15 is 0 Å². The number of benzene rings is 6. The van der Waals surface area contributed by atoms with Gasteiger partial charge in [-0.15, -0.1) is 0 Å². The average Bonchev–Trinajstić information content (AvgIpc) is 3.47. The summed E-state index contributed by atoms with van der Waals surface area (Å²) in [5.74, 6) is 0. The van der Waals surface area contributed by atoms with Gasteiger partial charge >= 0.3 is 0 Å². The molecule has 3 heteroatoms. The van der Waals surface area contributed by atoms with Gasteiger partial charge in [-0.1, -0.05) is 140 Å². The highest BCUT2D eigenvalue weighted by atomic mass is 15.0. The van der Waals surface area contributed by atoms with Crippen molar-refractivity contribution in [2.24, 2.45) is 11.5 Å². The van der Waals surface area contributed by atoms with Crippen molar-refractivity contribution in [3.63, 3.8) is 0 Å². The second kappa shape index (κ2) is 12.4. The molecule has 0 saturated heterocycles. The highest BCUT2D eigenvalue weighted by molar-refractivity contribution is 6.21. The van der Waals surface area contributed by atoms with Gasteiger partial charge in [0.05, 0.1) is 22.4 Å². The summed E-state index contributed by atoms with van der Waals surface area (Å²) >= 11 is 0. The lowest BCUT2D eigenvalue weighted by atomic mass is 9.99. The molecule has 6 aromatic carbocycles. The SMILES string of the molecule is C1=CC(c2ccc(-n3c4ccccc4c4c5ccccc5ccc43)cc2)=CCC1.N/C(=C(\N)c1ccccc1)c1ccccc1. The van der Waals surface area contributed by atoms with Crippen LogP contribution in [-0.4, -0.2) is 4.57 Å². The molecule has 4 N–H and O–H groups in total. The summed E-state index contributed by atoms with van der Waals surface area (Å²) in [5, 5.41) is 5.24. The van der Waals surface area contributed by atoms with Gasteiger partial charge in [0.15, 0.2) is 0 Å². The molecule has 1 aromatic heterocycles. The first-order valence-corrected chi connectivity index (χ1v) is 15.4. The topological polar surface area (TPSA) is 57.0 Å². The van der Waals surface area contributed by atoms with Crippen molar-refractivity contribution in [2.75, 3.05) is 0 Å². The second-order valence-corrected chi connectivity index (χ2v) is 11.3. The number of nitrogens with two attached hydrogens (primary N) is 2. The summed E-state index contributed by atoms with van der Waals surface area (Å²) in [6.07, 6.45) is 9.12. The minimum absolute atomic E-state index is 0.617. The summed E-state index contributed by atoms with van der Waals surface area (Å²) in [6, 6.07) is 50.4. The van der Waals surface area contributed by atoms with Crippen LogP contribution in [0.5, 0.6) is 0 Å². The lowest BCUT2D eigenvalue weighted by Gasteiger charge is -2.11. The number of hydrogen-bond donors (Lipinski definition) is 2. The minimum Gasteiger partial charge on any atom is -0.397 e. The zero-order valence-electron chi connectivity index (χ0n) is 25.1. The fourth-order valence-electron chi connectivity index (χ4n) is 6.19. The largest absolute Gasteiger partial charge is 0.397 e. The van der Waals surface area contributed by atoms with Crippen molar-refractivity contribution in [1.82, 2.24) is 4.57 Å². The van der Waals surface area contributed by atoms with Crippen LogP contribution in [0.1, 0.15) is 29.5 Å². The molecule has 0 amide bonds. The van der Waals surface area contributed by atoms with Crippen molar-refractivity contribution >= 4 is 49.5 Å². The van der Waals surface area contributed by atoms with Gasteiger partial charge in [-0.05, 0) is 70.1 Å². The van der Waals surface area contributed by atoms with Crippen molar-refractivity contribution < 1.29 is 0 Å². The third-order valence-electron chi connectivity index (χ3n) is 8.48. The van der Waals surface area contributed by atoms with E-state index < -0.39 is 0 Å². The lowest BCUT2D eigenvalue weighted by Crippen LogP contribution is -2.07. The molecule has 7 aromatic rings. The highest BCUT2D eigenvalue weighted by Gasteiger charge is 2.14. The van der Waals surface area contributed by atoms with Crippen molar-refractivity contribution in [2.45, 2.75) is 12.8 Å². The van der Waals surface area contributed by atoms with Crippen molar-refractivity contribution in [3.8, 4) is 5.69 Å². The van der Waals surface area contributed by atoms with Crippen LogP contribution in [0.25, 0.3) is 55.2 Å². The van der Waals surface area contributed by atoms with E-state index in [1.807, 2.05) is 60.7 Å². The van der Waals surface area contributed by atoms with Crippen LogP contribution in [-0.2, 0) is 0 Å². The zero-order valence-corrected chi connectivity index (χ0v) is 25.1. The normalized spacial score (nSPS) is 13.3. The molecule has 0 radical (unpaired) electrons. The Morgan fingerprint density at radius 1 is 0.511 bits per heavy atom. The molecule has 1 aliphatic carbocycles. The first-order valence-electron chi connectivity index (χ1n) is 15.4. The highest BCUT2D eigenvalue weighted by Crippen LogP contribution is 2.37. The molecule has 8 rings (SSSR count). The van der Waals surface area contributed by atoms with Crippen molar-refractivity contribution in [1.29, 1.82) is 0 Å². The number of aromatic nitrogens is 1. The fourth-order valence-corrected chi connectivity index (χ4v) is 6.19. The summed E-state index contributed by atoms with van der Waals surface area (Å²) < 4.78 is 2.39. The Labute approximate surface area is 264 Å². The second-order valence-electron chi connectivity index (χ2n) is 11.3. The monoisotopic (exact) mass is 581 g/mol. The Kier molecular flexibility index (Phi) is 7.74. The minimum atomic E-state index is 0.617. The molecule has 3 nitrogen and oxygen atoms in total. The zero-order chi connectivity index (χ0) is 30.6. The summed E-state index contributed by atoms with van der Waals surface area (Å²) in [6.45, 7) is 0. The van der Waals surface area contributed by atoms with Crippen LogP contribution in [0.15, 0.2) is 164 Å². The Bertz CT molecular complexity index is 2150. The van der Waals surface area contributed by atoms with Gasteiger partial charge in [0.1, 0.15) is 0 Å². The number of nitrogens with zero attached hydrogens (tertiary/aromatic N) is 1. The lowest BCUT2D eigenvalue weighted by molar-refractivity contribution is 1.04. The quantitative estimate of drug-likeness (QED) is 0.203. The number of rotatable bonds is 4. The predicted octanol–water partition coefficient (Wildman–Crippen LogP) is 10.1. The Morgan fingerprint density at radius 3 is 1.76 bits per heavy atom. The van der Waals surface area contributed by atoms with Gasteiger partial charge in [-0.2, -0.15) is 0 Å². The van der Waals surface area contributed by atoms with Crippen LogP contribution in [0.3, 0.4) is 0 Å². The number of para-hydroxylation sites is 1. The van der Waals surface area contributed by atoms with E-state index in [1.165, 1.54) is 49.4 Å². The van der Waals surface area contributed by atoms with Gasteiger partial charge in [0, 0.05) is 16.5 Å². The van der Waals surface area contributed by atoms with Gasteiger partial charge in [-0.25, -0.2) is 0 Å². The third kappa shape index (κ3) is 5.52. The molecule has 218 valence electrons. The first kappa shape index (κ1) is 28.0. The van der Waals surface area contributed by atoms with Gasteiger partial charge in [0.25, 0.3) is 0 Å². The third-order valence-corrected chi connectivity index (χ3v) is 8.48. The van der Waals surface area contributed by atoms with E-state index in [4.69, 9.17) is 11.5 Å². The van der Waals surface area contributed by atoms with Crippen LogP contribution in [0, 0.1) is 0 Å². The molecule has 45 heavy (non-hydrogen) atoms. The number of allylic oxidation sites excluding steroid dienone is 4. The smallest absolute Gasteiger partial charge is 0.0627 e. The molecule has 0 unspecified atom stereocenters.